The fourth-order valence-corrected chi connectivity index (χ4v) is 2.86. The predicted octanol–water partition coefficient (Wildman–Crippen LogP) is 4.04. The highest BCUT2D eigenvalue weighted by Crippen LogP contribution is 2.23. The molecule has 0 atom stereocenters. The Kier molecular flexibility index (Phi) is 5.91. The van der Waals surface area contributed by atoms with Gasteiger partial charge in [-0.2, -0.15) is 0 Å². The number of carbonyl (C=O) groups excluding carboxylic acids is 2. The number of ether oxygens (including phenoxy) is 1. The molecule has 0 aliphatic heterocycles. The van der Waals surface area contributed by atoms with Crippen LogP contribution < -0.4 is 5.32 Å². The van der Waals surface area contributed by atoms with Crippen molar-refractivity contribution in [3.8, 4) is 0 Å². The van der Waals surface area contributed by atoms with E-state index in [1.54, 1.807) is 5.38 Å². The van der Waals surface area contributed by atoms with Gasteiger partial charge in [-0.25, -0.2) is 23.4 Å². The van der Waals surface area contributed by atoms with E-state index in [9.17, 15) is 18.4 Å². The lowest BCUT2D eigenvalue weighted by atomic mass is 10.1. The Balaban J connectivity index is 2.20. The minimum absolute atomic E-state index is 0.111. The fraction of sp³-hybridized carbons (Fsp3) is 0.353. The lowest BCUT2D eigenvalue weighted by Crippen LogP contribution is -2.47. The molecule has 1 N–H and O–H groups in total. The summed E-state index contributed by atoms with van der Waals surface area (Å²) in [7, 11) is 1.26. The van der Waals surface area contributed by atoms with Crippen LogP contribution in [0.4, 0.5) is 19.3 Å². The molecule has 1 aromatic carbocycles. The zero-order valence-corrected chi connectivity index (χ0v) is 15.6. The average Bonchev–Trinajstić information content (AvgIpc) is 3.02. The van der Waals surface area contributed by atoms with Gasteiger partial charge in [-0.3, -0.25) is 0 Å². The van der Waals surface area contributed by atoms with E-state index in [-0.39, 0.29) is 17.9 Å². The molecule has 9 heteroatoms. The van der Waals surface area contributed by atoms with Crippen molar-refractivity contribution in [3.63, 3.8) is 0 Å². The van der Waals surface area contributed by atoms with Crippen molar-refractivity contribution < 1.29 is 23.1 Å². The number of urea groups is 1. The first kappa shape index (κ1) is 19.8. The normalized spacial score (nSPS) is 11.2. The van der Waals surface area contributed by atoms with Gasteiger partial charge >= 0.3 is 12.0 Å². The summed E-state index contributed by atoms with van der Waals surface area (Å²) in [6.07, 6.45) is 0. The summed E-state index contributed by atoms with van der Waals surface area (Å²) in [5.74, 6) is -2.16. The van der Waals surface area contributed by atoms with Crippen molar-refractivity contribution in [2.45, 2.75) is 32.9 Å². The maximum absolute atomic E-state index is 13.8. The van der Waals surface area contributed by atoms with E-state index >= 15 is 0 Å². The molecule has 0 radical (unpaired) electrons. The number of nitrogens with zero attached hydrogens (tertiary/aromatic N) is 2. The van der Waals surface area contributed by atoms with E-state index in [4.69, 9.17) is 0 Å². The monoisotopic (exact) mass is 383 g/mol. The maximum atomic E-state index is 13.8. The van der Waals surface area contributed by atoms with Gasteiger partial charge in [-0.05, 0) is 32.9 Å². The molecule has 0 spiro atoms. The molecule has 2 rings (SSSR count). The predicted molar refractivity (Wildman–Crippen MR) is 94.1 cm³/mol. The first-order chi connectivity index (χ1) is 12.1. The van der Waals surface area contributed by atoms with Crippen LogP contribution >= 0.6 is 11.3 Å². The van der Waals surface area contributed by atoms with Gasteiger partial charge in [0.1, 0.15) is 16.6 Å². The van der Waals surface area contributed by atoms with E-state index in [1.165, 1.54) is 23.3 Å². The van der Waals surface area contributed by atoms with Crippen molar-refractivity contribution in [1.29, 1.82) is 0 Å². The molecule has 0 aliphatic carbocycles. The summed E-state index contributed by atoms with van der Waals surface area (Å²) < 4.78 is 31.4. The van der Waals surface area contributed by atoms with Crippen molar-refractivity contribution in [2.75, 3.05) is 12.4 Å². The largest absolute Gasteiger partial charge is 0.464 e. The number of esters is 1. The summed E-state index contributed by atoms with van der Waals surface area (Å²) in [5, 5.41) is 4.50. The number of thiazole rings is 1. The third-order valence-corrected chi connectivity index (χ3v) is 4.30. The lowest BCUT2D eigenvalue weighted by molar-refractivity contribution is 0.0594. The van der Waals surface area contributed by atoms with Crippen LogP contribution in [-0.2, 0) is 11.3 Å². The maximum Gasteiger partial charge on any atom is 0.357 e. The van der Waals surface area contributed by atoms with Crippen LogP contribution in [0.2, 0.25) is 0 Å². The van der Waals surface area contributed by atoms with Crippen LogP contribution in [0, 0.1) is 11.6 Å². The molecule has 0 aliphatic rings. The van der Waals surface area contributed by atoms with E-state index in [1.807, 2.05) is 20.8 Å². The van der Waals surface area contributed by atoms with Gasteiger partial charge < -0.3 is 15.0 Å². The highest BCUT2D eigenvalue weighted by Gasteiger charge is 2.28. The second kappa shape index (κ2) is 7.77. The van der Waals surface area contributed by atoms with E-state index in [0.29, 0.717) is 11.1 Å². The van der Waals surface area contributed by atoms with Crippen LogP contribution in [0.25, 0.3) is 0 Å². The zero-order chi connectivity index (χ0) is 19.5. The molecular weight excluding hydrogens is 364 g/mol. The van der Waals surface area contributed by atoms with Crippen LogP contribution in [0.15, 0.2) is 23.6 Å². The Morgan fingerprint density at radius 2 is 2.00 bits per heavy atom. The minimum atomic E-state index is -0.866. The Hall–Kier alpha value is -2.55. The number of hydrogen-bond donors (Lipinski definition) is 1. The Morgan fingerprint density at radius 1 is 1.31 bits per heavy atom. The van der Waals surface area contributed by atoms with Crippen molar-refractivity contribution >= 4 is 29.0 Å². The highest BCUT2D eigenvalue weighted by molar-refractivity contribution is 7.09. The second-order valence-electron chi connectivity index (χ2n) is 6.43. The number of methoxy groups -OCH3 is 1. The van der Waals surface area contributed by atoms with Gasteiger partial charge in [0.25, 0.3) is 0 Å². The topological polar surface area (TPSA) is 71.5 Å². The molecule has 1 heterocycles. The minimum Gasteiger partial charge on any atom is -0.464 e. The quantitative estimate of drug-likeness (QED) is 0.809. The number of carbonyl (C=O) groups is 2. The first-order valence-corrected chi connectivity index (χ1v) is 8.56. The Bertz CT molecular complexity index is 818. The lowest BCUT2D eigenvalue weighted by Gasteiger charge is -2.35. The molecule has 0 bridgehead atoms. The van der Waals surface area contributed by atoms with E-state index < -0.39 is 29.2 Å². The zero-order valence-electron chi connectivity index (χ0n) is 14.8. The molecule has 2 amide bonds. The summed E-state index contributed by atoms with van der Waals surface area (Å²) in [4.78, 5) is 29.7. The number of hydrogen-bond acceptors (Lipinski definition) is 5. The molecule has 0 unspecified atom stereocenters. The number of halogens is 2. The summed E-state index contributed by atoms with van der Waals surface area (Å²) in [5.41, 5.74) is -0.580. The summed E-state index contributed by atoms with van der Waals surface area (Å²) in [6.45, 7) is 5.53. The molecule has 0 saturated carbocycles. The molecular formula is C17H19F2N3O3S. The van der Waals surface area contributed by atoms with Gasteiger partial charge in [0, 0.05) is 17.0 Å². The highest BCUT2D eigenvalue weighted by atomic mass is 32.1. The van der Waals surface area contributed by atoms with Crippen LogP contribution in [0.3, 0.4) is 0 Å². The summed E-state index contributed by atoms with van der Waals surface area (Å²) >= 11 is 1.21. The Labute approximate surface area is 153 Å². The molecule has 0 fully saturated rings. The SMILES string of the molecule is COC(=O)c1csc(CN(C(=O)Nc2ccc(F)cc2F)C(C)(C)C)n1. The van der Waals surface area contributed by atoms with Crippen LogP contribution in [-0.4, -0.2) is 34.5 Å². The molecule has 140 valence electrons. The van der Waals surface area contributed by atoms with Crippen LogP contribution in [0.1, 0.15) is 36.3 Å². The molecule has 6 nitrogen and oxygen atoms in total. The van der Waals surface area contributed by atoms with Gasteiger partial charge in [0.15, 0.2) is 5.69 Å². The van der Waals surface area contributed by atoms with Crippen molar-refractivity contribution in [3.05, 3.63) is 45.9 Å². The number of amides is 2. The van der Waals surface area contributed by atoms with Gasteiger partial charge in [0.2, 0.25) is 0 Å². The number of benzene rings is 1. The van der Waals surface area contributed by atoms with Crippen molar-refractivity contribution in [1.82, 2.24) is 9.88 Å². The molecule has 2 aromatic rings. The smallest absolute Gasteiger partial charge is 0.357 e. The second-order valence-corrected chi connectivity index (χ2v) is 7.37. The number of nitrogens with one attached hydrogen (secondary N) is 1. The first-order valence-electron chi connectivity index (χ1n) is 7.68. The van der Waals surface area contributed by atoms with Gasteiger partial charge in [-0.1, -0.05) is 0 Å². The van der Waals surface area contributed by atoms with E-state index in [2.05, 4.69) is 15.0 Å². The Morgan fingerprint density at radius 3 is 2.58 bits per heavy atom. The van der Waals surface area contributed by atoms with Crippen LogP contribution in [0.5, 0.6) is 0 Å². The molecule has 0 saturated heterocycles. The summed E-state index contributed by atoms with van der Waals surface area (Å²) in [6, 6.07) is 2.34. The third-order valence-electron chi connectivity index (χ3n) is 3.47. The third kappa shape index (κ3) is 4.75. The van der Waals surface area contributed by atoms with Crippen molar-refractivity contribution in [2.24, 2.45) is 0 Å². The average molecular weight is 383 g/mol. The number of anilines is 1. The standard InChI is InChI=1S/C17H19F2N3O3S/c1-17(2,3)22(8-14-20-13(9-26-14)15(23)25-4)16(24)21-12-6-5-10(18)7-11(12)19/h5-7,9H,8H2,1-4H3,(H,21,24). The molecule has 1 aromatic heterocycles. The number of rotatable bonds is 4. The van der Waals surface area contributed by atoms with Gasteiger partial charge in [-0.15, -0.1) is 11.3 Å². The number of aromatic nitrogens is 1. The van der Waals surface area contributed by atoms with Gasteiger partial charge in [0.05, 0.1) is 19.3 Å². The molecule has 26 heavy (non-hydrogen) atoms. The fourth-order valence-electron chi connectivity index (χ4n) is 2.10. The van der Waals surface area contributed by atoms with E-state index in [0.717, 1.165) is 12.1 Å².